The molecule has 150 valence electrons. The summed E-state index contributed by atoms with van der Waals surface area (Å²) in [5, 5.41) is 3.55. The highest BCUT2D eigenvalue weighted by atomic mass is 35.5. The minimum Gasteiger partial charge on any atom is -0.482 e. The van der Waals surface area contributed by atoms with E-state index in [-0.39, 0.29) is 22.3 Å². The zero-order valence-corrected chi connectivity index (χ0v) is 17.7. The number of amides is 1. The van der Waals surface area contributed by atoms with Crippen LogP contribution in [0.25, 0.3) is 0 Å². The Balaban J connectivity index is 1.73. The largest absolute Gasteiger partial charge is 0.482 e. The van der Waals surface area contributed by atoms with Gasteiger partial charge >= 0.3 is 0 Å². The van der Waals surface area contributed by atoms with Crippen LogP contribution in [0.3, 0.4) is 0 Å². The third-order valence-corrected chi connectivity index (χ3v) is 7.04. The highest BCUT2D eigenvalue weighted by molar-refractivity contribution is 7.89. The predicted octanol–water partition coefficient (Wildman–Crippen LogP) is 4.45. The Labute approximate surface area is 178 Å². The molecule has 1 aliphatic rings. The number of anilines is 1. The number of carbonyl (C=O) groups excluding carboxylic acids is 1. The van der Waals surface area contributed by atoms with E-state index in [4.69, 9.17) is 39.5 Å². The monoisotopic (exact) mass is 462 g/mol. The van der Waals surface area contributed by atoms with Crippen LogP contribution in [0.1, 0.15) is 12.8 Å². The molecule has 0 aromatic heterocycles. The molecule has 1 aliphatic heterocycles. The molecule has 0 unspecified atom stereocenters. The molecule has 0 radical (unpaired) electrons. The fraction of sp³-hybridized carbons (Fsp3) is 0.278. The van der Waals surface area contributed by atoms with Gasteiger partial charge in [-0.05, 0) is 49.2 Å². The van der Waals surface area contributed by atoms with E-state index in [9.17, 15) is 13.2 Å². The lowest BCUT2D eigenvalue weighted by Crippen LogP contribution is -2.28. The van der Waals surface area contributed by atoms with E-state index in [1.807, 2.05) is 0 Å². The maximum Gasteiger partial charge on any atom is 0.262 e. The van der Waals surface area contributed by atoms with E-state index in [1.165, 1.54) is 28.6 Å². The van der Waals surface area contributed by atoms with Crippen molar-refractivity contribution in [2.75, 3.05) is 25.0 Å². The Kier molecular flexibility index (Phi) is 6.73. The molecule has 1 heterocycles. The lowest BCUT2D eigenvalue weighted by molar-refractivity contribution is -0.118. The van der Waals surface area contributed by atoms with Crippen LogP contribution < -0.4 is 10.1 Å². The molecule has 28 heavy (non-hydrogen) atoms. The smallest absolute Gasteiger partial charge is 0.262 e. The van der Waals surface area contributed by atoms with Crippen molar-refractivity contribution in [2.45, 2.75) is 17.7 Å². The minimum atomic E-state index is -3.75. The Morgan fingerprint density at radius 2 is 1.75 bits per heavy atom. The average molecular weight is 464 g/mol. The molecule has 1 fully saturated rings. The van der Waals surface area contributed by atoms with Gasteiger partial charge in [-0.1, -0.05) is 34.8 Å². The van der Waals surface area contributed by atoms with Crippen molar-refractivity contribution in [2.24, 2.45) is 0 Å². The van der Waals surface area contributed by atoms with Crippen molar-refractivity contribution in [1.29, 1.82) is 0 Å². The third-order valence-electron chi connectivity index (χ3n) is 4.15. The van der Waals surface area contributed by atoms with Crippen LogP contribution in [0.4, 0.5) is 5.69 Å². The number of ether oxygens (including phenoxy) is 1. The van der Waals surface area contributed by atoms with E-state index in [0.717, 1.165) is 12.8 Å². The van der Waals surface area contributed by atoms with Gasteiger partial charge in [-0.3, -0.25) is 4.79 Å². The zero-order valence-electron chi connectivity index (χ0n) is 14.6. The number of halogens is 3. The summed E-state index contributed by atoms with van der Waals surface area (Å²) >= 11 is 17.8. The maximum atomic E-state index is 12.9. The van der Waals surface area contributed by atoms with Gasteiger partial charge < -0.3 is 10.1 Å². The highest BCUT2D eigenvalue weighted by Gasteiger charge is 2.30. The van der Waals surface area contributed by atoms with Gasteiger partial charge in [0.25, 0.3) is 5.91 Å². The molecule has 0 spiro atoms. The van der Waals surface area contributed by atoms with Crippen LogP contribution in [0, 0.1) is 0 Å². The fourth-order valence-corrected chi connectivity index (χ4v) is 4.99. The van der Waals surface area contributed by atoms with Gasteiger partial charge in [0.1, 0.15) is 10.6 Å². The summed E-state index contributed by atoms with van der Waals surface area (Å²) in [5.74, 6) is -0.404. The van der Waals surface area contributed by atoms with Gasteiger partial charge in [0.2, 0.25) is 10.0 Å². The molecule has 0 bridgehead atoms. The van der Waals surface area contributed by atoms with Crippen LogP contribution in [0.2, 0.25) is 15.1 Å². The summed E-state index contributed by atoms with van der Waals surface area (Å²) in [6.45, 7) is 0.516. The second kappa shape index (κ2) is 8.88. The number of benzene rings is 2. The van der Waals surface area contributed by atoms with Crippen molar-refractivity contribution < 1.29 is 17.9 Å². The van der Waals surface area contributed by atoms with Crippen LogP contribution in [0.5, 0.6) is 5.75 Å². The Bertz CT molecular complexity index is 992. The lowest BCUT2D eigenvalue weighted by Gasteiger charge is -2.18. The van der Waals surface area contributed by atoms with Crippen LogP contribution in [-0.4, -0.2) is 38.3 Å². The molecule has 6 nitrogen and oxygen atoms in total. The first-order valence-corrected chi connectivity index (χ1v) is 11.0. The quantitative estimate of drug-likeness (QED) is 0.687. The second-order valence-corrected chi connectivity index (χ2v) is 9.33. The molecular formula is C18H17Cl3N2O4S. The standard InChI is InChI=1S/C18H17Cl3N2O4S/c19-12-3-6-16(17(9-12)28(25,26)23-7-1-2-8-23)27-11-18(24)22-13-4-5-14(20)15(21)10-13/h3-6,9-10H,1-2,7-8,11H2,(H,22,24). The SMILES string of the molecule is O=C(COc1ccc(Cl)cc1S(=O)(=O)N1CCCC1)Nc1ccc(Cl)c(Cl)c1. The third kappa shape index (κ3) is 4.90. The number of hydrogen-bond acceptors (Lipinski definition) is 4. The second-order valence-electron chi connectivity index (χ2n) is 6.17. The summed E-state index contributed by atoms with van der Waals surface area (Å²) < 4.78 is 32.6. The van der Waals surface area contributed by atoms with E-state index < -0.39 is 15.9 Å². The van der Waals surface area contributed by atoms with Crippen LogP contribution in [0.15, 0.2) is 41.3 Å². The molecule has 2 aromatic carbocycles. The van der Waals surface area contributed by atoms with Crippen LogP contribution in [-0.2, 0) is 14.8 Å². The maximum absolute atomic E-state index is 12.9. The first-order chi connectivity index (χ1) is 13.3. The molecule has 1 N–H and O–H groups in total. The van der Waals surface area contributed by atoms with Crippen molar-refractivity contribution in [3.63, 3.8) is 0 Å². The first-order valence-electron chi connectivity index (χ1n) is 8.45. The number of sulfonamides is 1. The van der Waals surface area contributed by atoms with Crippen LogP contribution >= 0.6 is 34.8 Å². The molecule has 0 aliphatic carbocycles. The number of rotatable bonds is 6. The van der Waals surface area contributed by atoms with Crippen molar-refractivity contribution in [3.8, 4) is 5.75 Å². The summed E-state index contributed by atoms with van der Waals surface area (Å²) in [6, 6.07) is 8.95. The highest BCUT2D eigenvalue weighted by Crippen LogP contribution is 2.31. The lowest BCUT2D eigenvalue weighted by atomic mass is 10.3. The zero-order chi connectivity index (χ0) is 20.3. The predicted molar refractivity (Wildman–Crippen MR) is 110 cm³/mol. The van der Waals surface area contributed by atoms with Crippen molar-refractivity contribution >= 4 is 56.4 Å². The van der Waals surface area contributed by atoms with E-state index in [0.29, 0.717) is 28.8 Å². The number of nitrogens with one attached hydrogen (secondary N) is 1. The fourth-order valence-electron chi connectivity index (χ4n) is 2.78. The summed E-state index contributed by atoms with van der Waals surface area (Å²) in [6.07, 6.45) is 1.62. The number of hydrogen-bond donors (Lipinski definition) is 1. The van der Waals surface area contributed by atoms with Gasteiger partial charge in [0.05, 0.1) is 10.0 Å². The number of carbonyl (C=O) groups is 1. The Morgan fingerprint density at radius 1 is 1.04 bits per heavy atom. The Morgan fingerprint density at radius 3 is 2.43 bits per heavy atom. The van der Waals surface area contributed by atoms with Gasteiger partial charge in [0, 0.05) is 23.8 Å². The van der Waals surface area contributed by atoms with Crippen molar-refractivity contribution in [1.82, 2.24) is 4.31 Å². The summed E-state index contributed by atoms with van der Waals surface area (Å²) in [4.78, 5) is 12.1. The summed E-state index contributed by atoms with van der Waals surface area (Å²) in [7, 11) is -3.75. The number of nitrogens with zero attached hydrogens (tertiary/aromatic N) is 1. The topological polar surface area (TPSA) is 75.7 Å². The normalized spacial score (nSPS) is 14.8. The Hall–Kier alpha value is -1.51. The molecule has 1 amide bonds. The molecule has 3 rings (SSSR count). The summed E-state index contributed by atoms with van der Waals surface area (Å²) in [5.41, 5.74) is 0.448. The molecule has 1 saturated heterocycles. The van der Waals surface area contributed by atoms with Gasteiger partial charge in [-0.15, -0.1) is 0 Å². The van der Waals surface area contributed by atoms with E-state index in [1.54, 1.807) is 12.1 Å². The molecular weight excluding hydrogens is 447 g/mol. The van der Waals surface area contributed by atoms with Gasteiger partial charge in [-0.25, -0.2) is 8.42 Å². The first kappa shape index (κ1) is 21.2. The van der Waals surface area contributed by atoms with Crippen molar-refractivity contribution in [3.05, 3.63) is 51.5 Å². The van der Waals surface area contributed by atoms with Gasteiger partial charge in [0.15, 0.2) is 6.61 Å². The van der Waals surface area contributed by atoms with Gasteiger partial charge in [-0.2, -0.15) is 4.31 Å². The van der Waals surface area contributed by atoms with E-state index >= 15 is 0 Å². The molecule has 0 atom stereocenters. The molecule has 0 saturated carbocycles. The molecule has 10 heteroatoms. The van der Waals surface area contributed by atoms with E-state index in [2.05, 4.69) is 5.32 Å². The minimum absolute atomic E-state index is 0.0516. The molecule has 2 aromatic rings. The average Bonchev–Trinajstić information content (AvgIpc) is 3.19.